The molecule has 2 saturated heterocycles. The second-order valence-electron chi connectivity index (χ2n) is 16.9. The van der Waals surface area contributed by atoms with E-state index in [0.29, 0.717) is 6.42 Å². The van der Waals surface area contributed by atoms with Gasteiger partial charge in [0.15, 0.2) is 6.29 Å². The number of hydrogen-bond donors (Lipinski definition) is 6. The fourth-order valence-electron chi connectivity index (χ4n) is 11.0. The number of esters is 1. The topological polar surface area (TPSA) is 179 Å². The Labute approximate surface area is 284 Å². The molecule has 2 aliphatic heterocycles. The molecule has 0 amide bonds. The van der Waals surface area contributed by atoms with Crippen LogP contribution in [0, 0.1) is 34.5 Å². The van der Waals surface area contributed by atoms with Crippen molar-refractivity contribution >= 4 is 5.97 Å². The third-order valence-electron chi connectivity index (χ3n) is 13.6. The maximum atomic E-state index is 12.4. The van der Waals surface area contributed by atoms with Crippen molar-refractivity contribution in [1.29, 1.82) is 0 Å². The van der Waals surface area contributed by atoms with Crippen LogP contribution in [0.25, 0.3) is 0 Å². The predicted molar refractivity (Wildman–Crippen MR) is 174 cm³/mol. The van der Waals surface area contributed by atoms with E-state index in [2.05, 4.69) is 32.9 Å². The molecule has 0 radical (unpaired) electrons. The average Bonchev–Trinajstić information content (AvgIpc) is 3.62. The van der Waals surface area contributed by atoms with Crippen LogP contribution >= 0.6 is 0 Å². The van der Waals surface area contributed by atoms with Crippen LogP contribution in [0.5, 0.6) is 0 Å². The zero-order chi connectivity index (χ0) is 35.1. The van der Waals surface area contributed by atoms with Crippen LogP contribution in [0.2, 0.25) is 0 Å². The third-order valence-corrected chi connectivity index (χ3v) is 13.6. The molecular weight excluding hydrogens is 620 g/mol. The summed E-state index contributed by atoms with van der Waals surface area (Å²) >= 11 is 0. The van der Waals surface area contributed by atoms with E-state index in [9.17, 15) is 35.4 Å². The third kappa shape index (κ3) is 5.73. The fourth-order valence-corrected chi connectivity index (χ4v) is 11.0. The van der Waals surface area contributed by atoms with Crippen LogP contribution in [0.1, 0.15) is 93.4 Å². The van der Waals surface area contributed by atoms with Crippen molar-refractivity contribution in [3.63, 3.8) is 0 Å². The SMILES string of the molecule is CC(=O)O[C@@H]1C[C@H]2C3=CC[C@H]4C[C@@H](O[C@@H]5O[C@H](CO)[C@@H](O)[C@@H](O)[C@H]5O)CC[C@]4(C)C3=CC[C@]2(C)[C@H]1[C@H](C)C[C@H](O)[C@@]1(C(C)(C)O)O[C@@H]1C. The number of rotatable bonds is 9. The molecule has 6 aliphatic rings. The molecule has 4 fully saturated rings. The van der Waals surface area contributed by atoms with Crippen LogP contribution in [0.15, 0.2) is 23.3 Å². The zero-order valence-electron chi connectivity index (χ0n) is 29.5. The summed E-state index contributed by atoms with van der Waals surface area (Å²) < 4.78 is 23.8. The number of carbonyl (C=O) groups is 1. The van der Waals surface area contributed by atoms with Gasteiger partial charge in [0, 0.05) is 12.8 Å². The molecular formula is C37H58O11. The van der Waals surface area contributed by atoms with E-state index in [-0.39, 0.29) is 58.8 Å². The summed E-state index contributed by atoms with van der Waals surface area (Å²) in [6.45, 7) is 13.0. The highest BCUT2D eigenvalue weighted by Gasteiger charge is 2.68. The van der Waals surface area contributed by atoms with E-state index in [4.69, 9.17) is 18.9 Å². The number of hydrogen-bond acceptors (Lipinski definition) is 11. The van der Waals surface area contributed by atoms with Gasteiger partial charge in [-0.3, -0.25) is 4.79 Å². The van der Waals surface area contributed by atoms with Gasteiger partial charge >= 0.3 is 5.97 Å². The second-order valence-corrected chi connectivity index (χ2v) is 16.9. The van der Waals surface area contributed by atoms with Gasteiger partial charge in [0.2, 0.25) is 0 Å². The van der Waals surface area contributed by atoms with Gasteiger partial charge in [-0.2, -0.15) is 0 Å². The molecule has 0 bridgehead atoms. The lowest BCUT2D eigenvalue weighted by molar-refractivity contribution is -0.314. The van der Waals surface area contributed by atoms with Crippen LogP contribution in [0.3, 0.4) is 0 Å². The lowest BCUT2D eigenvalue weighted by Crippen LogP contribution is -2.60. The maximum absolute atomic E-state index is 12.4. The molecule has 0 aromatic carbocycles. The van der Waals surface area contributed by atoms with Gasteiger partial charge in [-0.1, -0.05) is 32.9 Å². The standard InChI is InChI=1S/C37H58O11/c1-18(14-28(40)37(19(2)48-37)34(4,5)44)29-26(45-20(3)39)16-25-23-9-8-21-15-22(10-12-35(21,6)24(23)11-13-36(25,29)7)46-33-32(43)31(42)30(41)27(17-38)47-33/h9,11,18-19,21-22,25-33,38,40-44H,8,10,12-17H2,1-7H3/t18-,19-,21+,22+,25+,26-,27-,28+,29+,30-,31-,32-,33-,35+,36+,37+/m1/s1. The van der Waals surface area contributed by atoms with Crippen LogP contribution < -0.4 is 0 Å². The van der Waals surface area contributed by atoms with Gasteiger partial charge in [-0.25, -0.2) is 0 Å². The Kier molecular flexibility index (Phi) is 9.60. The van der Waals surface area contributed by atoms with Crippen molar-refractivity contribution in [3.8, 4) is 0 Å². The normalized spacial score (nSPS) is 48.3. The number of allylic oxidation sites excluding steroid dienone is 4. The van der Waals surface area contributed by atoms with Crippen molar-refractivity contribution in [1.82, 2.24) is 0 Å². The van der Waals surface area contributed by atoms with Crippen molar-refractivity contribution in [3.05, 3.63) is 23.3 Å². The molecule has 0 aromatic rings. The van der Waals surface area contributed by atoms with Gasteiger partial charge in [-0.15, -0.1) is 0 Å². The number of fused-ring (bicyclic) bond motifs is 5. The van der Waals surface area contributed by atoms with Crippen molar-refractivity contribution in [2.24, 2.45) is 34.5 Å². The van der Waals surface area contributed by atoms with Crippen LogP contribution in [0.4, 0.5) is 0 Å². The molecule has 272 valence electrons. The summed E-state index contributed by atoms with van der Waals surface area (Å²) in [4.78, 5) is 12.4. The first-order chi connectivity index (χ1) is 22.4. The van der Waals surface area contributed by atoms with E-state index in [1.165, 1.54) is 18.1 Å². The Morgan fingerprint density at radius 3 is 2.42 bits per heavy atom. The summed E-state index contributed by atoms with van der Waals surface area (Å²) in [7, 11) is 0. The van der Waals surface area contributed by atoms with Crippen molar-refractivity contribution in [2.45, 2.75) is 160 Å². The summed E-state index contributed by atoms with van der Waals surface area (Å²) in [6, 6.07) is 0. The Hall–Kier alpha value is -1.41. The lowest BCUT2D eigenvalue weighted by Gasteiger charge is -2.54. The van der Waals surface area contributed by atoms with Crippen LogP contribution in [-0.4, -0.2) is 110 Å². The quantitative estimate of drug-likeness (QED) is 0.156. The molecule has 4 aliphatic carbocycles. The number of aliphatic hydroxyl groups excluding tert-OH is 5. The highest BCUT2D eigenvalue weighted by atomic mass is 16.7. The average molecular weight is 679 g/mol. The minimum atomic E-state index is -1.47. The van der Waals surface area contributed by atoms with Crippen molar-refractivity contribution in [2.75, 3.05) is 6.61 Å². The van der Waals surface area contributed by atoms with E-state index in [1.54, 1.807) is 13.8 Å². The summed E-state index contributed by atoms with van der Waals surface area (Å²) in [5.74, 6) is 0.164. The van der Waals surface area contributed by atoms with E-state index < -0.39 is 54.6 Å². The minimum Gasteiger partial charge on any atom is -0.462 e. The van der Waals surface area contributed by atoms with Gasteiger partial charge < -0.3 is 49.6 Å². The maximum Gasteiger partial charge on any atom is 0.302 e. The van der Waals surface area contributed by atoms with Gasteiger partial charge in [0.05, 0.1) is 30.5 Å². The molecule has 0 spiro atoms. The molecule has 2 heterocycles. The Bertz CT molecular complexity index is 1290. The van der Waals surface area contributed by atoms with Gasteiger partial charge in [0.1, 0.15) is 36.1 Å². The monoisotopic (exact) mass is 678 g/mol. The first-order valence-corrected chi connectivity index (χ1v) is 18.0. The van der Waals surface area contributed by atoms with E-state index in [0.717, 1.165) is 38.5 Å². The molecule has 6 rings (SSSR count). The highest BCUT2D eigenvalue weighted by Crippen LogP contribution is 2.66. The minimum absolute atomic E-state index is 0.000800. The molecule has 0 aromatic heterocycles. The first-order valence-electron chi connectivity index (χ1n) is 18.0. The Morgan fingerprint density at radius 2 is 1.81 bits per heavy atom. The number of aliphatic hydroxyl groups is 6. The summed E-state index contributed by atoms with van der Waals surface area (Å²) in [5, 5.41) is 63.0. The number of epoxide rings is 1. The molecule has 2 saturated carbocycles. The molecule has 11 nitrogen and oxygen atoms in total. The molecule has 16 atom stereocenters. The number of ether oxygens (including phenoxy) is 4. The largest absolute Gasteiger partial charge is 0.462 e. The fraction of sp³-hybridized carbons (Fsp3) is 0.865. The molecule has 48 heavy (non-hydrogen) atoms. The first kappa shape index (κ1) is 36.4. The Balaban J connectivity index is 1.20. The van der Waals surface area contributed by atoms with Crippen molar-refractivity contribution < 1.29 is 54.4 Å². The highest BCUT2D eigenvalue weighted by molar-refractivity contribution is 5.66. The number of carbonyl (C=O) groups excluding carboxylic acids is 1. The van der Waals surface area contributed by atoms with E-state index >= 15 is 0 Å². The van der Waals surface area contributed by atoms with Crippen LogP contribution in [-0.2, 0) is 23.7 Å². The summed E-state index contributed by atoms with van der Waals surface area (Å²) in [6.07, 6.45) is 1.84. The van der Waals surface area contributed by atoms with Gasteiger partial charge in [-0.05, 0) is 105 Å². The van der Waals surface area contributed by atoms with E-state index in [1.807, 2.05) is 6.92 Å². The zero-order valence-corrected chi connectivity index (χ0v) is 29.5. The Morgan fingerprint density at radius 1 is 1.12 bits per heavy atom. The smallest absolute Gasteiger partial charge is 0.302 e. The molecule has 6 N–H and O–H groups in total. The second kappa shape index (κ2) is 12.7. The summed E-state index contributed by atoms with van der Waals surface area (Å²) in [5.41, 5.74) is 0.203. The molecule has 0 unspecified atom stereocenters. The predicted octanol–water partition coefficient (Wildman–Crippen LogP) is 2.53. The van der Waals surface area contributed by atoms with Gasteiger partial charge in [0.25, 0.3) is 0 Å². The lowest BCUT2D eigenvalue weighted by atomic mass is 9.51. The molecule has 11 heteroatoms.